The Morgan fingerprint density at radius 1 is 1.23 bits per heavy atom. The van der Waals surface area contributed by atoms with E-state index in [1.807, 2.05) is 35.7 Å². The SMILES string of the molecule is O=C(NC1=N[C@@]2(c3cccs3)CN(C(=O)O)C[C@H]2CS1)c1ccccc1. The van der Waals surface area contributed by atoms with Gasteiger partial charge < -0.3 is 15.3 Å². The highest BCUT2D eigenvalue weighted by molar-refractivity contribution is 8.13. The van der Waals surface area contributed by atoms with Crippen LogP contribution in [-0.4, -0.2) is 46.0 Å². The molecule has 134 valence electrons. The zero-order chi connectivity index (χ0) is 18.1. The van der Waals surface area contributed by atoms with Gasteiger partial charge in [0.15, 0.2) is 5.17 Å². The first-order valence-corrected chi connectivity index (χ1v) is 10.1. The third-order valence-electron chi connectivity index (χ3n) is 4.75. The number of carbonyl (C=O) groups excluding carboxylic acids is 1. The second-order valence-electron chi connectivity index (χ2n) is 6.31. The van der Waals surface area contributed by atoms with Crippen LogP contribution in [0.25, 0.3) is 0 Å². The number of thiophene rings is 1. The third-order valence-corrected chi connectivity index (χ3v) is 6.82. The quantitative estimate of drug-likeness (QED) is 0.830. The van der Waals surface area contributed by atoms with Crippen molar-refractivity contribution in [1.82, 2.24) is 10.2 Å². The van der Waals surface area contributed by atoms with E-state index < -0.39 is 11.6 Å². The van der Waals surface area contributed by atoms with Crippen molar-refractivity contribution < 1.29 is 14.7 Å². The van der Waals surface area contributed by atoms with E-state index in [1.54, 1.807) is 23.5 Å². The van der Waals surface area contributed by atoms with E-state index in [4.69, 9.17) is 4.99 Å². The summed E-state index contributed by atoms with van der Waals surface area (Å²) in [4.78, 5) is 31.3. The molecule has 26 heavy (non-hydrogen) atoms. The Bertz CT molecular complexity index is 854. The van der Waals surface area contributed by atoms with E-state index in [9.17, 15) is 14.7 Å². The number of nitrogens with zero attached hydrogens (tertiary/aromatic N) is 2. The third kappa shape index (κ3) is 2.99. The van der Waals surface area contributed by atoms with Gasteiger partial charge in [0.05, 0.1) is 6.54 Å². The summed E-state index contributed by atoms with van der Waals surface area (Å²) < 4.78 is 0. The van der Waals surface area contributed by atoms with Gasteiger partial charge in [0.2, 0.25) is 0 Å². The van der Waals surface area contributed by atoms with E-state index in [2.05, 4.69) is 5.32 Å². The van der Waals surface area contributed by atoms with Crippen molar-refractivity contribution in [3.05, 3.63) is 58.3 Å². The minimum atomic E-state index is -0.926. The van der Waals surface area contributed by atoms with E-state index >= 15 is 0 Å². The maximum Gasteiger partial charge on any atom is 0.407 e. The molecule has 1 fully saturated rings. The number of benzene rings is 1. The van der Waals surface area contributed by atoms with Gasteiger partial charge in [-0.05, 0) is 23.6 Å². The molecule has 2 amide bonds. The zero-order valence-corrected chi connectivity index (χ0v) is 15.4. The summed E-state index contributed by atoms with van der Waals surface area (Å²) >= 11 is 3.05. The van der Waals surface area contributed by atoms with Gasteiger partial charge in [0, 0.05) is 28.7 Å². The number of hydrogen-bond acceptors (Lipinski definition) is 5. The first kappa shape index (κ1) is 17.1. The normalized spacial score (nSPS) is 24.7. The lowest BCUT2D eigenvalue weighted by molar-refractivity contribution is 0.0977. The molecule has 1 aromatic heterocycles. The van der Waals surface area contributed by atoms with Crippen molar-refractivity contribution in [1.29, 1.82) is 0 Å². The van der Waals surface area contributed by atoms with Gasteiger partial charge in [-0.1, -0.05) is 36.0 Å². The minimum absolute atomic E-state index is 0.0969. The molecule has 8 heteroatoms. The van der Waals surface area contributed by atoms with E-state index in [0.29, 0.717) is 23.8 Å². The molecule has 2 N–H and O–H groups in total. The average Bonchev–Trinajstić information content (AvgIpc) is 3.30. The van der Waals surface area contributed by atoms with Gasteiger partial charge in [-0.15, -0.1) is 11.3 Å². The molecule has 0 unspecified atom stereocenters. The fraction of sp³-hybridized carbons (Fsp3) is 0.278. The monoisotopic (exact) mass is 387 g/mol. The smallest absolute Gasteiger partial charge is 0.407 e. The fourth-order valence-electron chi connectivity index (χ4n) is 3.44. The summed E-state index contributed by atoms with van der Waals surface area (Å²) in [5.41, 5.74) is -0.0430. The largest absolute Gasteiger partial charge is 0.465 e. The van der Waals surface area contributed by atoms with Crippen molar-refractivity contribution in [2.24, 2.45) is 10.9 Å². The van der Waals surface area contributed by atoms with Crippen LogP contribution in [0.2, 0.25) is 0 Å². The first-order chi connectivity index (χ1) is 12.6. The van der Waals surface area contributed by atoms with Crippen molar-refractivity contribution in [3.63, 3.8) is 0 Å². The number of fused-ring (bicyclic) bond motifs is 1. The molecule has 0 radical (unpaired) electrons. The van der Waals surface area contributed by atoms with Gasteiger partial charge in [-0.25, -0.2) is 9.79 Å². The summed E-state index contributed by atoms with van der Waals surface area (Å²) in [6, 6.07) is 12.9. The molecule has 2 atom stereocenters. The topological polar surface area (TPSA) is 82.0 Å². The molecule has 6 nitrogen and oxygen atoms in total. The maximum absolute atomic E-state index is 12.5. The summed E-state index contributed by atoms with van der Waals surface area (Å²) in [7, 11) is 0. The van der Waals surface area contributed by atoms with Crippen LogP contribution >= 0.6 is 23.1 Å². The van der Waals surface area contributed by atoms with Crippen LogP contribution in [0.15, 0.2) is 52.8 Å². The van der Waals surface area contributed by atoms with Crippen LogP contribution < -0.4 is 5.32 Å². The fourth-order valence-corrected chi connectivity index (χ4v) is 5.51. The second kappa shape index (κ2) is 6.77. The molecule has 3 heterocycles. The standard InChI is InChI=1S/C18H17N3O3S2/c22-15(12-5-2-1-3-6-12)19-16-20-18(14-7-4-8-25-14)11-21(17(23)24)9-13(18)10-26-16/h1-8,13H,9-11H2,(H,23,24)(H,19,20,22)/t13-,18-/m0/s1. The molecule has 0 aliphatic carbocycles. The van der Waals surface area contributed by atoms with E-state index in [0.717, 1.165) is 10.6 Å². The minimum Gasteiger partial charge on any atom is -0.465 e. The van der Waals surface area contributed by atoms with Gasteiger partial charge in [-0.3, -0.25) is 4.79 Å². The van der Waals surface area contributed by atoms with Crippen LogP contribution in [0.4, 0.5) is 4.79 Å². The first-order valence-electron chi connectivity index (χ1n) is 8.19. The summed E-state index contributed by atoms with van der Waals surface area (Å²) in [5.74, 6) is 0.611. The van der Waals surface area contributed by atoms with E-state index in [1.165, 1.54) is 16.7 Å². The Morgan fingerprint density at radius 2 is 2.04 bits per heavy atom. The number of aliphatic imine (C=N–C) groups is 1. The number of likely N-dealkylation sites (tertiary alicyclic amines) is 1. The van der Waals surface area contributed by atoms with Crippen LogP contribution in [0, 0.1) is 5.92 Å². The van der Waals surface area contributed by atoms with Crippen LogP contribution in [0.5, 0.6) is 0 Å². The molecule has 2 aliphatic rings. The lowest BCUT2D eigenvalue weighted by Crippen LogP contribution is -2.42. The number of hydrogen-bond donors (Lipinski definition) is 2. The number of thioether (sulfide) groups is 1. The Morgan fingerprint density at radius 3 is 2.73 bits per heavy atom. The number of amides is 2. The summed E-state index contributed by atoms with van der Waals surface area (Å²) in [5, 5.41) is 14.9. The second-order valence-corrected chi connectivity index (χ2v) is 8.27. The van der Waals surface area contributed by atoms with Crippen LogP contribution in [-0.2, 0) is 5.54 Å². The van der Waals surface area contributed by atoms with Gasteiger partial charge >= 0.3 is 6.09 Å². The predicted octanol–water partition coefficient (Wildman–Crippen LogP) is 3.09. The van der Waals surface area contributed by atoms with Crippen molar-refractivity contribution in [2.75, 3.05) is 18.8 Å². The number of nitrogens with one attached hydrogen (secondary N) is 1. The highest BCUT2D eigenvalue weighted by Crippen LogP contribution is 2.47. The average molecular weight is 387 g/mol. The van der Waals surface area contributed by atoms with Gasteiger partial charge in [-0.2, -0.15) is 0 Å². The molecular formula is C18H17N3O3S2. The molecule has 1 aromatic carbocycles. The lowest BCUT2D eigenvalue weighted by atomic mass is 9.87. The van der Waals surface area contributed by atoms with Crippen molar-refractivity contribution in [2.45, 2.75) is 5.54 Å². The van der Waals surface area contributed by atoms with E-state index in [-0.39, 0.29) is 11.8 Å². The lowest BCUT2D eigenvalue weighted by Gasteiger charge is -2.34. The number of carboxylic acid groups (broad SMARTS) is 1. The molecule has 0 saturated carbocycles. The molecule has 1 saturated heterocycles. The Kier molecular flexibility index (Phi) is 4.46. The summed E-state index contributed by atoms with van der Waals surface area (Å²) in [6.07, 6.45) is -0.926. The molecule has 0 bridgehead atoms. The van der Waals surface area contributed by atoms with Crippen LogP contribution in [0.1, 0.15) is 15.2 Å². The Balaban J connectivity index is 1.65. The van der Waals surface area contributed by atoms with Gasteiger partial charge in [0.1, 0.15) is 5.54 Å². The molecule has 2 aliphatic heterocycles. The van der Waals surface area contributed by atoms with Crippen LogP contribution in [0.3, 0.4) is 0 Å². The maximum atomic E-state index is 12.5. The van der Waals surface area contributed by atoms with Crippen molar-refractivity contribution in [3.8, 4) is 0 Å². The Labute approximate surface area is 158 Å². The number of amidine groups is 1. The summed E-state index contributed by atoms with van der Waals surface area (Å²) in [6.45, 7) is 0.780. The zero-order valence-electron chi connectivity index (χ0n) is 13.8. The predicted molar refractivity (Wildman–Crippen MR) is 103 cm³/mol. The molecule has 0 spiro atoms. The number of rotatable bonds is 2. The molecular weight excluding hydrogens is 370 g/mol. The molecule has 4 rings (SSSR count). The van der Waals surface area contributed by atoms with Crippen molar-refractivity contribution >= 4 is 40.3 Å². The Hall–Kier alpha value is -2.32. The highest BCUT2D eigenvalue weighted by Gasteiger charge is 2.52. The highest BCUT2D eigenvalue weighted by atomic mass is 32.2. The number of carbonyl (C=O) groups is 2. The van der Waals surface area contributed by atoms with Gasteiger partial charge in [0.25, 0.3) is 5.91 Å². The molecule has 2 aromatic rings.